The summed E-state index contributed by atoms with van der Waals surface area (Å²) in [6, 6.07) is 6.16. The molecular formula is C20H20N4O5S. The van der Waals surface area contributed by atoms with Crippen molar-refractivity contribution >= 4 is 39.1 Å². The first-order chi connectivity index (χ1) is 14.4. The van der Waals surface area contributed by atoms with Crippen molar-refractivity contribution < 1.29 is 19.1 Å². The van der Waals surface area contributed by atoms with Crippen LogP contribution in [0.5, 0.6) is 11.5 Å². The zero-order chi connectivity index (χ0) is 21.7. The minimum absolute atomic E-state index is 0.0743. The van der Waals surface area contributed by atoms with E-state index in [2.05, 4.69) is 20.8 Å². The van der Waals surface area contributed by atoms with Crippen LogP contribution in [0, 0.1) is 0 Å². The van der Waals surface area contributed by atoms with Crippen LogP contribution in [0.25, 0.3) is 10.2 Å². The molecule has 10 heteroatoms. The summed E-state index contributed by atoms with van der Waals surface area (Å²) in [5.41, 5.74) is 4.58. The SMILES string of the molecule is COc1ccc(C(=O)NCC(=O)N/N=C(/C)c2csc3c(=O)cc[nH]c23)cc1OC. The van der Waals surface area contributed by atoms with Crippen molar-refractivity contribution in [2.45, 2.75) is 6.92 Å². The molecule has 0 aliphatic heterocycles. The van der Waals surface area contributed by atoms with Crippen LogP contribution in [0.1, 0.15) is 22.8 Å². The monoisotopic (exact) mass is 428 g/mol. The van der Waals surface area contributed by atoms with Crippen molar-refractivity contribution in [2.75, 3.05) is 20.8 Å². The summed E-state index contributed by atoms with van der Waals surface area (Å²) in [5.74, 6) is -0.0147. The molecule has 0 spiro atoms. The topological polar surface area (TPSA) is 122 Å². The first-order valence-corrected chi connectivity index (χ1v) is 9.75. The Morgan fingerprint density at radius 3 is 2.67 bits per heavy atom. The zero-order valence-corrected chi connectivity index (χ0v) is 17.4. The van der Waals surface area contributed by atoms with Gasteiger partial charge >= 0.3 is 0 Å². The van der Waals surface area contributed by atoms with Gasteiger partial charge in [-0.05, 0) is 25.1 Å². The third-order valence-corrected chi connectivity index (χ3v) is 5.27. The Hall–Kier alpha value is -3.66. The van der Waals surface area contributed by atoms with Crippen molar-refractivity contribution in [1.29, 1.82) is 0 Å². The van der Waals surface area contributed by atoms with E-state index in [4.69, 9.17) is 9.47 Å². The number of H-pyrrole nitrogens is 1. The van der Waals surface area contributed by atoms with Gasteiger partial charge in [0.2, 0.25) is 0 Å². The maximum Gasteiger partial charge on any atom is 0.259 e. The van der Waals surface area contributed by atoms with Crippen molar-refractivity contribution in [2.24, 2.45) is 5.10 Å². The summed E-state index contributed by atoms with van der Waals surface area (Å²) in [5, 5.41) is 8.38. The maximum absolute atomic E-state index is 12.3. The maximum atomic E-state index is 12.3. The molecule has 3 rings (SSSR count). The number of fused-ring (bicyclic) bond motifs is 1. The molecule has 0 saturated carbocycles. The lowest BCUT2D eigenvalue weighted by molar-refractivity contribution is -0.120. The first-order valence-electron chi connectivity index (χ1n) is 8.87. The summed E-state index contributed by atoms with van der Waals surface area (Å²) in [4.78, 5) is 39.2. The standard InChI is InChI=1S/C20H20N4O5S/c1-11(13-10-30-19-14(25)6-7-21-18(13)19)23-24-17(26)9-22-20(27)12-4-5-15(28-2)16(8-12)29-3/h4-8,10H,9H2,1-3H3,(H,21,25)(H,22,27)(H,24,26)/b23-11-. The number of aromatic amines is 1. The fourth-order valence-corrected chi connectivity index (χ4v) is 3.71. The molecule has 30 heavy (non-hydrogen) atoms. The summed E-state index contributed by atoms with van der Waals surface area (Å²) in [7, 11) is 2.97. The fraction of sp³-hybridized carbons (Fsp3) is 0.200. The fourth-order valence-electron chi connectivity index (χ4n) is 2.71. The van der Waals surface area contributed by atoms with E-state index in [1.54, 1.807) is 30.6 Å². The van der Waals surface area contributed by atoms with E-state index in [9.17, 15) is 14.4 Å². The number of carbonyl (C=O) groups is 2. The van der Waals surface area contributed by atoms with Crippen LogP contribution in [0.4, 0.5) is 0 Å². The molecule has 9 nitrogen and oxygen atoms in total. The molecule has 1 aromatic carbocycles. The molecule has 3 N–H and O–H groups in total. The highest BCUT2D eigenvalue weighted by molar-refractivity contribution is 7.17. The number of hydrazone groups is 1. The van der Waals surface area contributed by atoms with E-state index >= 15 is 0 Å². The van der Waals surface area contributed by atoms with Gasteiger partial charge in [0.05, 0.1) is 36.7 Å². The Balaban J connectivity index is 1.61. The van der Waals surface area contributed by atoms with Gasteiger partial charge in [-0.15, -0.1) is 11.3 Å². The molecule has 2 heterocycles. The van der Waals surface area contributed by atoms with Gasteiger partial charge in [0.25, 0.3) is 11.8 Å². The van der Waals surface area contributed by atoms with E-state index in [0.29, 0.717) is 33.0 Å². The second-order valence-corrected chi connectivity index (χ2v) is 7.06. The Bertz CT molecular complexity index is 1180. The smallest absolute Gasteiger partial charge is 0.259 e. The van der Waals surface area contributed by atoms with Gasteiger partial charge in [0.15, 0.2) is 16.9 Å². The molecule has 0 aliphatic carbocycles. The zero-order valence-electron chi connectivity index (χ0n) is 16.6. The Morgan fingerprint density at radius 1 is 1.17 bits per heavy atom. The highest BCUT2D eigenvalue weighted by Crippen LogP contribution is 2.27. The molecule has 2 aromatic heterocycles. The third kappa shape index (κ3) is 4.49. The number of hydrogen-bond acceptors (Lipinski definition) is 7. The van der Waals surface area contributed by atoms with Gasteiger partial charge in [-0.25, -0.2) is 5.43 Å². The number of amides is 2. The van der Waals surface area contributed by atoms with Crippen LogP contribution in [0.15, 0.2) is 45.7 Å². The van der Waals surface area contributed by atoms with Crippen LogP contribution >= 0.6 is 11.3 Å². The van der Waals surface area contributed by atoms with Crippen LogP contribution in [0.2, 0.25) is 0 Å². The van der Waals surface area contributed by atoms with Crippen LogP contribution in [0.3, 0.4) is 0 Å². The van der Waals surface area contributed by atoms with Crippen molar-refractivity contribution in [3.05, 3.63) is 57.2 Å². The van der Waals surface area contributed by atoms with Gasteiger partial charge in [-0.3, -0.25) is 14.4 Å². The number of aromatic nitrogens is 1. The molecular weight excluding hydrogens is 408 g/mol. The number of hydrogen-bond donors (Lipinski definition) is 3. The average molecular weight is 428 g/mol. The Kier molecular flexibility index (Phi) is 6.48. The number of nitrogens with zero attached hydrogens (tertiary/aromatic N) is 1. The molecule has 0 atom stereocenters. The molecule has 0 bridgehead atoms. The highest BCUT2D eigenvalue weighted by atomic mass is 32.1. The van der Waals surface area contributed by atoms with Crippen molar-refractivity contribution in [3.63, 3.8) is 0 Å². The van der Waals surface area contributed by atoms with Crippen LogP contribution in [-0.2, 0) is 4.79 Å². The van der Waals surface area contributed by atoms with Gasteiger partial charge in [0.1, 0.15) is 0 Å². The summed E-state index contributed by atoms with van der Waals surface area (Å²) in [6.45, 7) is 1.46. The number of pyridine rings is 1. The number of ether oxygens (including phenoxy) is 2. The number of nitrogens with one attached hydrogen (secondary N) is 3. The van der Waals surface area contributed by atoms with Crippen molar-refractivity contribution in [3.8, 4) is 11.5 Å². The van der Waals surface area contributed by atoms with E-state index in [1.165, 1.54) is 37.7 Å². The largest absolute Gasteiger partial charge is 0.493 e. The molecule has 0 aliphatic rings. The number of rotatable bonds is 7. The van der Waals surface area contributed by atoms with E-state index in [0.717, 1.165) is 5.56 Å². The highest BCUT2D eigenvalue weighted by Gasteiger charge is 2.13. The van der Waals surface area contributed by atoms with E-state index in [1.807, 2.05) is 0 Å². The van der Waals surface area contributed by atoms with E-state index < -0.39 is 11.8 Å². The molecule has 0 radical (unpaired) electrons. The summed E-state index contributed by atoms with van der Waals surface area (Å²) < 4.78 is 10.9. The quantitative estimate of drug-likeness (QED) is 0.392. The van der Waals surface area contributed by atoms with E-state index in [-0.39, 0.29) is 12.0 Å². The molecule has 2 amide bonds. The number of benzene rings is 1. The van der Waals surface area contributed by atoms with Gasteiger partial charge < -0.3 is 19.8 Å². The molecule has 3 aromatic rings. The third-order valence-electron chi connectivity index (χ3n) is 4.27. The number of methoxy groups -OCH3 is 2. The minimum atomic E-state index is -0.490. The molecule has 0 unspecified atom stereocenters. The minimum Gasteiger partial charge on any atom is -0.493 e. The summed E-state index contributed by atoms with van der Waals surface area (Å²) in [6.07, 6.45) is 1.57. The van der Waals surface area contributed by atoms with Crippen LogP contribution in [-0.4, -0.2) is 43.3 Å². The normalized spacial score (nSPS) is 11.2. The van der Waals surface area contributed by atoms with Gasteiger partial charge in [-0.2, -0.15) is 5.10 Å². The molecule has 0 fully saturated rings. The molecule has 156 valence electrons. The number of carbonyl (C=O) groups excluding carboxylic acids is 2. The predicted molar refractivity (Wildman–Crippen MR) is 115 cm³/mol. The average Bonchev–Trinajstić information content (AvgIpc) is 3.20. The number of thiophene rings is 1. The van der Waals surface area contributed by atoms with Crippen LogP contribution < -0.4 is 25.6 Å². The lowest BCUT2D eigenvalue weighted by Gasteiger charge is -2.09. The lowest BCUT2D eigenvalue weighted by Crippen LogP contribution is -2.35. The Labute approximate surface area is 175 Å². The molecule has 0 saturated heterocycles. The van der Waals surface area contributed by atoms with Gasteiger partial charge in [0, 0.05) is 28.8 Å². The predicted octanol–water partition coefficient (Wildman–Crippen LogP) is 1.88. The Morgan fingerprint density at radius 2 is 1.93 bits per heavy atom. The van der Waals surface area contributed by atoms with Crippen molar-refractivity contribution in [1.82, 2.24) is 15.7 Å². The second kappa shape index (κ2) is 9.23. The second-order valence-electron chi connectivity index (χ2n) is 6.18. The summed E-state index contributed by atoms with van der Waals surface area (Å²) >= 11 is 1.31. The first kappa shape index (κ1) is 21.1. The van der Waals surface area contributed by atoms with Gasteiger partial charge in [-0.1, -0.05) is 0 Å². The lowest BCUT2D eigenvalue weighted by atomic mass is 10.2.